The highest BCUT2D eigenvalue weighted by Crippen LogP contribution is 2.27. The van der Waals surface area contributed by atoms with Crippen LogP contribution in [0.5, 0.6) is 0 Å². The number of nitrogens with zero attached hydrogens (tertiary/aromatic N) is 2. The first-order valence-corrected chi connectivity index (χ1v) is 6.06. The molecule has 3 nitrogen and oxygen atoms in total. The van der Waals surface area contributed by atoms with Gasteiger partial charge in [-0.2, -0.15) is 5.26 Å². The summed E-state index contributed by atoms with van der Waals surface area (Å²) in [6.45, 7) is 2.69. The van der Waals surface area contributed by atoms with E-state index in [-0.39, 0.29) is 0 Å². The van der Waals surface area contributed by atoms with Gasteiger partial charge in [-0.3, -0.25) is 0 Å². The maximum Gasteiger partial charge on any atom is 0.161 e. The minimum absolute atomic E-state index is 0.576. The van der Waals surface area contributed by atoms with Crippen LogP contribution < -0.4 is 0 Å². The second-order valence-corrected chi connectivity index (χ2v) is 5.35. The van der Waals surface area contributed by atoms with Crippen LogP contribution in [-0.4, -0.2) is 35.3 Å². The van der Waals surface area contributed by atoms with Gasteiger partial charge in [-0.1, -0.05) is 30.3 Å². The van der Waals surface area contributed by atoms with Gasteiger partial charge in [0.25, 0.3) is 0 Å². The van der Waals surface area contributed by atoms with Gasteiger partial charge in [0.2, 0.25) is 0 Å². The van der Waals surface area contributed by atoms with Crippen molar-refractivity contribution in [2.24, 2.45) is 0 Å². The average molecular weight is 231 g/mol. The largest absolute Gasteiger partial charge is 0.375 e. The van der Waals surface area contributed by atoms with Crippen LogP contribution in [0, 0.1) is 11.3 Å². The lowest BCUT2D eigenvalue weighted by Crippen LogP contribution is -2.53. The van der Waals surface area contributed by atoms with E-state index in [0.717, 1.165) is 24.1 Å². The Morgan fingerprint density at radius 1 is 1.29 bits per heavy atom. The molecule has 0 spiro atoms. The summed E-state index contributed by atoms with van der Waals surface area (Å²) < 4.78 is 0.911. The Labute approximate surface area is 103 Å². The summed E-state index contributed by atoms with van der Waals surface area (Å²) >= 11 is 0. The van der Waals surface area contributed by atoms with Crippen molar-refractivity contribution in [1.29, 1.82) is 5.26 Å². The second kappa shape index (κ2) is 4.48. The molecule has 0 amide bonds. The summed E-state index contributed by atoms with van der Waals surface area (Å²) in [5.41, 5.74) is 0.228. The smallest absolute Gasteiger partial charge is 0.161 e. The molecule has 1 aromatic carbocycles. The molecule has 1 saturated heterocycles. The monoisotopic (exact) mass is 231 g/mol. The highest BCUT2D eigenvalue weighted by atomic mass is 16.3. The molecule has 0 radical (unpaired) electrons. The molecule has 0 saturated carbocycles. The van der Waals surface area contributed by atoms with Crippen LogP contribution in [0.3, 0.4) is 0 Å². The Balaban J connectivity index is 2.01. The van der Waals surface area contributed by atoms with Crippen LogP contribution >= 0.6 is 0 Å². The van der Waals surface area contributed by atoms with Crippen LogP contribution in [0.1, 0.15) is 18.4 Å². The topological polar surface area (TPSA) is 44.0 Å². The number of nitriles is 1. The number of hydrogen-bond donors (Lipinski definition) is 1. The molecule has 1 aliphatic heterocycles. The Bertz CT molecular complexity index is 414. The van der Waals surface area contributed by atoms with Crippen LogP contribution in [0.2, 0.25) is 0 Å². The average Bonchev–Trinajstić information content (AvgIpc) is 2.35. The minimum atomic E-state index is -1.09. The lowest BCUT2D eigenvalue weighted by Gasteiger charge is -2.41. The summed E-state index contributed by atoms with van der Waals surface area (Å²) in [5, 5.41) is 18.8. The summed E-state index contributed by atoms with van der Waals surface area (Å²) in [5.74, 6) is 0. The number of aliphatic hydroxyl groups is 1. The van der Waals surface area contributed by atoms with Gasteiger partial charge in [-0.05, 0) is 0 Å². The molecule has 1 aromatic rings. The molecule has 0 aromatic heterocycles. The quantitative estimate of drug-likeness (QED) is 0.621. The third-order valence-corrected chi connectivity index (χ3v) is 3.75. The number of likely N-dealkylation sites (tertiary alicyclic amines) is 1. The Morgan fingerprint density at radius 3 is 2.41 bits per heavy atom. The van der Waals surface area contributed by atoms with E-state index in [1.807, 2.05) is 12.1 Å². The Hall–Kier alpha value is -1.37. The lowest BCUT2D eigenvalue weighted by molar-refractivity contribution is -0.928. The second-order valence-electron chi connectivity index (χ2n) is 5.35. The molecule has 0 atom stereocenters. The number of quaternary nitrogens is 1. The van der Waals surface area contributed by atoms with Gasteiger partial charge in [0, 0.05) is 18.4 Å². The van der Waals surface area contributed by atoms with Crippen molar-refractivity contribution in [3.05, 3.63) is 35.9 Å². The summed E-state index contributed by atoms with van der Waals surface area (Å²) in [6, 6.07) is 12.4. The van der Waals surface area contributed by atoms with Crippen LogP contribution in [-0.2, 0) is 6.54 Å². The maximum absolute atomic E-state index is 9.91. The van der Waals surface area contributed by atoms with Gasteiger partial charge in [-0.25, -0.2) is 0 Å². The number of hydrogen-bond acceptors (Lipinski definition) is 2. The van der Waals surface area contributed by atoms with Crippen molar-refractivity contribution < 1.29 is 9.59 Å². The van der Waals surface area contributed by atoms with Gasteiger partial charge in [0.05, 0.1) is 26.2 Å². The van der Waals surface area contributed by atoms with Crippen molar-refractivity contribution >= 4 is 0 Å². The van der Waals surface area contributed by atoms with Crippen molar-refractivity contribution in [1.82, 2.24) is 0 Å². The molecule has 0 aliphatic carbocycles. The molecule has 2 rings (SSSR count). The van der Waals surface area contributed by atoms with E-state index in [1.54, 1.807) is 0 Å². The normalized spacial score (nSPS) is 33.0. The molecule has 1 fully saturated rings. The fourth-order valence-electron chi connectivity index (χ4n) is 2.44. The summed E-state index contributed by atoms with van der Waals surface area (Å²) in [4.78, 5) is 0. The van der Waals surface area contributed by atoms with Crippen molar-refractivity contribution in [2.75, 3.05) is 20.1 Å². The zero-order chi connectivity index (χ0) is 12.4. The molecular weight excluding hydrogens is 212 g/mol. The van der Waals surface area contributed by atoms with Crippen molar-refractivity contribution in [2.45, 2.75) is 25.0 Å². The minimum Gasteiger partial charge on any atom is -0.375 e. The molecule has 1 heterocycles. The lowest BCUT2D eigenvalue weighted by atomic mass is 9.91. The molecule has 0 unspecified atom stereocenters. The van der Waals surface area contributed by atoms with Gasteiger partial charge in [-0.15, -0.1) is 0 Å². The Morgan fingerprint density at radius 2 is 1.88 bits per heavy atom. The van der Waals surface area contributed by atoms with E-state index < -0.39 is 5.60 Å². The van der Waals surface area contributed by atoms with E-state index in [4.69, 9.17) is 5.26 Å². The van der Waals surface area contributed by atoms with Crippen LogP contribution in [0.4, 0.5) is 0 Å². The van der Waals surface area contributed by atoms with Crippen molar-refractivity contribution in [3.63, 3.8) is 0 Å². The van der Waals surface area contributed by atoms with E-state index in [9.17, 15) is 5.11 Å². The number of rotatable bonds is 2. The van der Waals surface area contributed by atoms with Gasteiger partial charge >= 0.3 is 0 Å². The van der Waals surface area contributed by atoms with E-state index in [1.165, 1.54) is 5.56 Å². The third kappa shape index (κ3) is 2.85. The number of piperidine rings is 1. The first-order chi connectivity index (χ1) is 8.05. The summed E-state index contributed by atoms with van der Waals surface area (Å²) in [6.07, 6.45) is 1.15. The van der Waals surface area contributed by atoms with E-state index in [2.05, 4.69) is 31.3 Å². The molecule has 1 N–H and O–H groups in total. The highest BCUT2D eigenvalue weighted by molar-refractivity contribution is 5.13. The van der Waals surface area contributed by atoms with Gasteiger partial charge in [0.1, 0.15) is 6.54 Å². The molecular formula is C14H19N2O+. The van der Waals surface area contributed by atoms with E-state index >= 15 is 0 Å². The van der Waals surface area contributed by atoms with Crippen LogP contribution in [0.25, 0.3) is 0 Å². The molecule has 17 heavy (non-hydrogen) atoms. The fraction of sp³-hybridized carbons (Fsp3) is 0.500. The molecule has 0 bridgehead atoms. The first-order valence-electron chi connectivity index (χ1n) is 6.06. The van der Waals surface area contributed by atoms with Gasteiger partial charge in [0.15, 0.2) is 5.60 Å². The molecule has 1 aliphatic rings. The fourth-order valence-corrected chi connectivity index (χ4v) is 2.44. The zero-order valence-corrected chi connectivity index (χ0v) is 10.3. The maximum atomic E-state index is 9.91. The SMILES string of the molecule is C[N+]1(Cc2ccccc2)CCC(O)(C#N)CC1. The highest BCUT2D eigenvalue weighted by Gasteiger charge is 2.39. The van der Waals surface area contributed by atoms with Crippen molar-refractivity contribution in [3.8, 4) is 6.07 Å². The van der Waals surface area contributed by atoms with Gasteiger partial charge < -0.3 is 9.59 Å². The standard InChI is InChI=1S/C14H19N2O/c1-16(11-13-5-3-2-4-6-13)9-7-14(17,12-15)8-10-16/h2-6,17H,7-11H2,1H3/q+1. The number of benzene rings is 1. The van der Waals surface area contributed by atoms with E-state index in [0.29, 0.717) is 12.8 Å². The Kier molecular flexibility index (Phi) is 3.19. The van der Waals surface area contributed by atoms with Crippen LogP contribution in [0.15, 0.2) is 30.3 Å². The zero-order valence-electron chi connectivity index (χ0n) is 10.3. The molecule has 90 valence electrons. The third-order valence-electron chi connectivity index (χ3n) is 3.75. The predicted octanol–water partition coefficient (Wildman–Crippen LogP) is 1.68. The predicted molar refractivity (Wildman–Crippen MR) is 65.9 cm³/mol. The first kappa shape index (κ1) is 12.1. The summed E-state index contributed by atoms with van der Waals surface area (Å²) in [7, 11) is 2.20. The molecule has 3 heteroatoms.